The summed E-state index contributed by atoms with van der Waals surface area (Å²) in [5.41, 5.74) is 2.61. The smallest absolute Gasteiger partial charge is 0.398 e. The maximum Gasteiger partial charge on any atom is 0.418 e. The van der Waals surface area contributed by atoms with Crippen LogP contribution in [0.2, 0.25) is 0 Å². The number of carbonyl (C=O) groups is 1. The second kappa shape index (κ2) is 3.52. The van der Waals surface area contributed by atoms with Crippen molar-refractivity contribution < 1.29 is 22.4 Å². The van der Waals surface area contributed by atoms with Crippen LogP contribution in [-0.4, -0.2) is 5.78 Å². The van der Waals surface area contributed by atoms with E-state index in [1.165, 1.54) is 0 Å². The number of alkyl halides is 3. The Balaban J connectivity index is 3.49. The first-order chi connectivity index (χ1) is 6.73. The van der Waals surface area contributed by atoms with Crippen LogP contribution in [0.5, 0.6) is 0 Å². The van der Waals surface area contributed by atoms with Crippen molar-refractivity contribution in [3.05, 3.63) is 29.1 Å². The van der Waals surface area contributed by atoms with Crippen LogP contribution in [0.3, 0.4) is 0 Å². The summed E-state index contributed by atoms with van der Waals surface area (Å²) in [6.45, 7) is 1.02. The first kappa shape index (κ1) is 11.5. The Morgan fingerprint density at radius 1 is 1.33 bits per heavy atom. The van der Waals surface area contributed by atoms with Gasteiger partial charge >= 0.3 is 6.18 Å². The van der Waals surface area contributed by atoms with Crippen molar-refractivity contribution >= 4 is 11.5 Å². The summed E-state index contributed by atoms with van der Waals surface area (Å²) in [5.74, 6) is -1.85. The van der Waals surface area contributed by atoms with Gasteiger partial charge in [0.05, 0.1) is 11.3 Å². The lowest BCUT2D eigenvalue weighted by Gasteiger charge is -2.12. The van der Waals surface area contributed by atoms with Crippen molar-refractivity contribution in [1.29, 1.82) is 0 Å². The molecule has 1 aromatic rings. The average Bonchev–Trinajstić information content (AvgIpc) is 2.06. The van der Waals surface area contributed by atoms with Gasteiger partial charge in [-0.05, 0) is 19.1 Å². The highest BCUT2D eigenvalue weighted by Crippen LogP contribution is 2.35. The molecule has 0 aliphatic carbocycles. The van der Waals surface area contributed by atoms with Crippen LogP contribution in [-0.2, 0) is 6.18 Å². The van der Waals surface area contributed by atoms with Gasteiger partial charge in [-0.3, -0.25) is 4.79 Å². The Morgan fingerprint density at radius 3 is 2.27 bits per heavy atom. The molecule has 0 saturated carbocycles. The van der Waals surface area contributed by atoms with Crippen LogP contribution in [0.15, 0.2) is 12.1 Å². The zero-order valence-electron chi connectivity index (χ0n) is 7.65. The highest BCUT2D eigenvalue weighted by molar-refractivity contribution is 5.99. The minimum absolute atomic E-state index is 0.266. The lowest BCUT2D eigenvalue weighted by molar-refractivity contribution is -0.137. The molecule has 6 heteroatoms. The summed E-state index contributed by atoms with van der Waals surface area (Å²) < 4.78 is 49.7. The minimum atomic E-state index is -4.77. The first-order valence-corrected chi connectivity index (χ1v) is 3.90. The molecule has 1 aromatic carbocycles. The molecule has 82 valence electrons. The maximum atomic E-state index is 12.8. The second-order valence-electron chi connectivity index (χ2n) is 2.97. The van der Waals surface area contributed by atoms with Gasteiger partial charge in [0.15, 0.2) is 5.78 Å². The molecule has 0 aromatic heterocycles. The van der Waals surface area contributed by atoms with Crippen LogP contribution in [0, 0.1) is 5.82 Å². The lowest BCUT2D eigenvalue weighted by atomic mass is 10.0. The largest absolute Gasteiger partial charge is 0.418 e. The van der Waals surface area contributed by atoms with Gasteiger partial charge in [0.1, 0.15) is 5.82 Å². The van der Waals surface area contributed by atoms with E-state index in [1.807, 2.05) is 0 Å². The Hall–Kier alpha value is -1.59. The molecule has 0 aliphatic rings. The summed E-state index contributed by atoms with van der Waals surface area (Å²) >= 11 is 0. The predicted octanol–water partition coefficient (Wildman–Crippen LogP) is 2.63. The zero-order valence-corrected chi connectivity index (χ0v) is 7.65. The highest BCUT2D eigenvalue weighted by Gasteiger charge is 2.34. The number of ketones is 1. The number of Topliss-reactive ketones (excluding diaryl/α,β-unsaturated/α-hetero) is 1. The number of rotatable bonds is 1. The van der Waals surface area contributed by atoms with E-state index in [-0.39, 0.29) is 6.07 Å². The summed E-state index contributed by atoms with van der Waals surface area (Å²) in [6.07, 6.45) is -4.77. The summed E-state index contributed by atoms with van der Waals surface area (Å²) in [7, 11) is 0. The van der Waals surface area contributed by atoms with Crippen molar-refractivity contribution in [3.8, 4) is 0 Å². The summed E-state index contributed by atoms with van der Waals surface area (Å²) in [5, 5.41) is 0. The van der Waals surface area contributed by atoms with E-state index in [1.54, 1.807) is 0 Å². The molecule has 2 nitrogen and oxygen atoms in total. The standard InChI is InChI=1S/C9H7F4NO/c1-4(15)6-2-5(10)3-7(8(6)14)9(11,12)13/h2-3H,14H2,1H3. The summed E-state index contributed by atoms with van der Waals surface area (Å²) in [4.78, 5) is 10.9. The predicted molar refractivity (Wildman–Crippen MR) is 45.8 cm³/mol. The van der Waals surface area contributed by atoms with Gasteiger partial charge in [-0.1, -0.05) is 0 Å². The second-order valence-corrected chi connectivity index (χ2v) is 2.97. The van der Waals surface area contributed by atoms with Crippen molar-refractivity contribution in [3.63, 3.8) is 0 Å². The molecule has 0 unspecified atom stereocenters. The van der Waals surface area contributed by atoms with Gasteiger partial charge in [-0.25, -0.2) is 4.39 Å². The van der Waals surface area contributed by atoms with Crippen LogP contribution < -0.4 is 5.73 Å². The molecule has 0 amide bonds. The molecule has 0 fully saturated rings. The normalized spacial score (nSPS) is 11.5. The van der Waals surface area contributed by atoms with Crippen LogP contribution in [0.25, 0.3) is 0 Å². The molecule has 0 aliphatic heterocycles. The minimum Gasteiger partial charge on any atom is -0.398 e. The number of nitrogens with two attached hydrogens (primary N) is 1. The number of nitrogen functional groups attached to an aromatic ring is 1. The van der Waals surface area contributed by atoms with E-state index in [4.69, 9.17) is 5.73 Å². The van der Waals surface area contributed by atoms with E-state index in [0.29, 0.717) is 6.07 Å². The molecule has 0 radical (unpaired) electrons. The molecular formula is C9H7F4NO. The van der Waals surface area contributed by atoms with Crippen LogP contribution in [0.1, 0.15) is 22.8 Å². The number of carbonyl (C=O) groups excluding carboxylic acids is 1. The molecular weight excluding hydrogens is 214 g/mol. The van der Waals surface area contributed by atoms with Crippen molar-refractivity contribution in [2.45, 2.75) is 13.1 Å². The molecule has 2 N–H and O–H groups in total. The lowest BCUT2D eigenvalue weighted by Crippen LogP contribution is -2.13. The number of hydrogen-bond donors (Lipinski definition) is 1. The van der Waals surface area contributed by atoms with Crippen molar-refractivity contribution in [2.24, 2.45) is 0 Å². The number of benzene rings is 1. The Labute approximate surface area is 82.7 Å². The maximum absolute atomic E-state index is 12.8. The monoisotopic (exact) mass is 221 g/mol. The van der Waals surface area contributed by atoms with Gasteiger partial charge in [0.25, 0.3) is 0 Å². The Kier molecular flexibility index (Phi) is 2.70. The fourth-order valence-corrected chi connectivity index (χ4v) is 1.14. The third-order valence-electron chi connectivity index (χ3n) is 1.83. The number of hydrogen-bond acceptors (Lipinski definition) is 2. The Bertz CT molecular complexity index is 411. The molecule has 0 bridgehead atoms. The third-order valence-corrected chi connectivity index (χ3v) is 1.83. The fraction of sp³-hybridized carbons (Fsp3) is 0.222. The number of anilines is 1. The van der Waals surface area contributed by atoms with Gasteiger partial charge in [-0.2, -0.15) is 13.2 Å². The van der Waals surface area contributed by atoms with E-state index < -0.39 is 34.6 Å². The number of halogens is 4. The van der Waals surface area contributed by atoms with E-state index in [0.717, 1.165) is 6.92 Å². The molecule has 0 atom stereocenters. The topological polar surface area (TPSA) is 43.1 Å². The quantitative estimate of drug-likeness (QED) is 0.450. The fourth-order valence-electron chi connectivity index (χ4n) is 1.14. The van der Waals surface area contributed by atoms with Crippen molar-refractivity contribution in [1.82, 2.24) is 0 Å². The van der Waals surface area contributed by atoms with Crippen LogP contribution >= 0.6 is 0 Å². The van der Waals surface area contributed by atoms with Crippen molar-refractivity contribution in [2.75, 3.05) is 5.73 Å². The van der Waals surface area contributed by atoms with E-state index in [2.05, 4.69) is 0 Å². The molecule has 1 rings (SSSR count). The SMILES string of the molecule is CC(=O)c1cc(F)cc(C(F)(F)F)c1N. The van der Waals surface area contributed by atoms with E-state index >= 15 is 0 Å². The Morgan fingerprint density at radius 2 is 1.87 bits per heavy atom. The van der Waals surface area contributed by atoms with Gasteiger partial charge < -0.3 is 5.73 Å². The third kappa shape index (κ3) is 2.26. The molecule has 0 heterocycles. The zero-order chi connectivity index (χ0) is 11.8. The van der Waals surface area contributed by atoms with Gasteiger partial charge in [0, 0.05) is 5.56 Å². The van der Waals surface area contributed by atoms with Gasteiger partial charge in [0.2, 0.25) is 0 Å². The summed E-state index contributed by atoms with van der Waals surface area (Å²) in [6, 6.07) is 0.953. The van der Waals surface area contributed by atoms with E-state index in [9.17, 15) is 22.4 Å². The van der Waals surface area contributed by atoms with Crippen LogP contribution in [0.4, 0.5) is 23.2 Å². The highest BCUT2D eigenvalue weighted by atomic mass is 19.4. The molecule has 0 spiro atoms. The molecule has 15 heavy (non-hydrogen) atoms. The average molecular weight is 221 g/mol. The first-order valence-electron chi connectivity index (χ1n) is 3.90. The van der Waals surface area contributed by atoms with Gasteiger partial charge in [-0.15, -0.1) is 0 Å². The molecule has 0 saturated heterocycles.